The van der Waals surface area contributed by atoms with Crippen molar-refractivity contribution < 1.29 is 0 Å². The molecule has 0 radical (unpaired) electrons. The van der Waals surface area contributed by atoms with Crippen LogP contribution in [0.5, 0.6) is 0 Å². The molecule has 0 saturated heterocycles. The number of hydrogen-bond acceptors (Lipinski definition) is 1. The Morgan fingerprint density at radius 3 is 1.84 bits per heavy atom. The molecule has 0 saturated carbocycles. The zero-order valence-electron chi connectivity index (χ0n) is 22.2. The maximum atomic E-state index is 4.46. The van der Waals surface area contributed by atoms with Crippen LogP contribution < -0.4 is 0 Å². The van der Waals surface area contributed by atoms with E-state index in [0.717, 1.165) is 17.7 Å². The number of benzene rings is 2. The molecule has 0 N–H and O–H groups in total. The first kappa shape index (κ1) is 30.8. The average molecular weight is 422 g/mol. The highest BCUT2D eigenvalue weighted by molar-refractivity contribution is 5.84. The van der Waals surface area contributed by atoms with E-state index in [2.05, 4.69) is 97.8 Å². The molecule has 0 fully saturated rings. The molecule has 31 heavy (non-hydrogen) atoms. The van der Waals surface area contributed by atoms with Gasteiger partial charge in [-0.05, 0) is 93.8 Å². The van der Waals surface area contributed by atoms with Crippen LogP contribution in [0.15, 0.2) is 60.6 Å². The lowest BCUT2D eigenvalue weighted by molar-refractivity contribution is 0.862. The molecule has 0 amide bonds. The predicted octanol–water partition coefficient (Wildman–Crippen LogP) is 10.2. The zero-order valence-corrected chi connectivity index (χ0v) is 22.2. The molecule has 0 aliphatic rings. The molecule has 0 aromatic heterocycles. The Hall–Kier alpha value is -2.41. The standard InChI is InChI=1S/C14H20.C11H15N.C3H6.C2H6/c1-9(2)13-7-11(5)14(10(3)4)12(6)8-13;1-4-10(3)12-11-7-5-6-9(2)8-11;1-3-2;1-2/h7-9H,3H2,1-2,4-6H3;5-8H,4H2,1-3H3;3H,1H2,2H3;1-2H3. The number of nitrogens with zero attached hydrogens (tertiary/aromatic N) is 1. The van der Waals surface area contributed by atoms with Gasteiger partial charge in [0, 0.05) is 5.71 Å². The lowest BCUT2D eigenvalue weighted by Crippen LogP contribution is -1.95. The highest BCUT2D eigenvalue weighted by Crippen LogP contribution is 2.26. The van der Waals surface area contributed by atoms with Crippen LogP contribution in [0.25, 0.3) is 5.57 Å². The van der Waals surface area contributed by atoms with Gasteiger partial charge >= 0.3 is 0 Å². The molecule has 1 nitrogen and oxygen atoms in total. The third-order valence-electron chi connectivity index (χ3n) is 4.48. The molecule has 0 unspecified atom stereocenters. The summed E-state index contributed by atoms with van der Waals surface area (Å²) in [7, 11) is 0. The van der Waals surface area contributed by atoms with Gasteiger partial charge in [-0.1, -0.05) is 77.1 Å². The van der Waals surface area contributed by atoms with Gasteiger partial charge in [0.15, 0.2) is 0 Å². The summed E-state index contributed by atoms with van der Waals surface area (Å²) in [5, 5.41) is 0. The number of rotatable bonds is 4. The lowest BCUT2D eigenvalue weighted by Gasteiger charge is -2.14. The first-order chi connectivity index (χ1) is 14.6. The Labute approximate surface area is 194 Å². The Morgan fingerprint density at radius 2 is 1.48 bits per heavy atom. The van der Waals surface area contributed by atoms with Crippen molar-refractivity contribution in [2.24, 2.45) is 4.99 Å². The van der Waals surface area contributed by atoms with E-state index in [-0.39, 0.29) is 0 Å². The van der Waals surface area contributed by atoms with Gasteiger partial charge in [0.2, 0.25) is 0 Å². The van der Waals surface area contributed by atoms with Gasteiger partial charge < -0.3 is 0 Å². The van der Waals surface area contributed by atoms with Crippen molar-refractivity contribution in [2.75, 3.05) is 0 Å². The predicted molar refractivity (Wildman–Crippen MR) is 146 cm³/mol. The smallest absolute Gasteiger partial charge is 0.0631 e. The monoisotopic (exact) mass is 421 g/mol. The van der Waals surface area contributed by atoms with Crippen LogP contribution in [0.3, 0.4) is 0 Å². The summed E-state index contributed by atoms with van der Waals surface area (Å²) < 4.78 is 0. The Kier molecular flexibility index (Phi) is 17.2. The lowest BCUT2D eigenvalue weighted by atomic mass is 9.91. The molecule has 0 bridgehead atoms. The van der Waals surface area contributed by atoms with Gasteiger partial charge in [-0.2, -0.15) is 0 Å². The van der Waals surface area contributed by atoms with Crippen molar-refractivity contribution >= 4 is 17.0 Å². The summed E-state index contributed by atoms with van der Waals surface area (Å²) in [6.45, 7) is 30.4. The number of aliphatic imine (C=N–C) groups is 1. The SMILES string of the molecule is C=C(C)c1c(C)cc(C(C)C)cc1C.C=CC.CC.CCC(C)=Nc1cccc(C)c1. The Balaban J connectivity index is 0. The molecule has 0 heterocycles. The van der Waals surface area contributed by atoms with E-state index in [1.165, 1.54) is 33.5 Å². The summed E-state index contributed by atoms with van der Waals surface area (Å²) in [5.41, 5.74) is 10.1. The first-order valence-electron chi connectivity index (χ1n) is 11.5. The van der Waals surface area contributed by atoms with Crippen LogP contribution in [0, 0.1) is 20.8 Å². The maximum Gasteiger partial charge on any atom is 0.0631 e. The van der Waals surface area contributed by atoms with Crippen LogP contribution in [0.4, 0.5) is 5.69 Å². The largest absolute Gasteiger partial charge is 0.258 e. The first-order valence-corrected chi connectivity index (χ1v) is 11.5. The second-order valence-corrected chi connectivity index (χ2v) is 7.91. The second kappa shape index (κ2) is 17.3. The van der Waals surface area contributed by atoms with Gasteiger partial charge in [-0.3, -0.25) is 4.99 Å². The van der Waals surface area contributed by atoms with Crippen molar-refractivity contribution in [1.29, 1.82) is 0 Å². The Bertz CT molecular complexity index is 799. The molecule has 2 aromatic rings. The second-order valence-electron chi connectivity index (χ2n) is 7.91. The van der Waals surface area contributed by atoms with Crippen molar-refractivity contribution in [2.45, 2.75) is 88.5 Å². The van der Waals surface area contributed by atoms with E-state index in [4.69, 9.17) is 0 Å². The van der Waals surface area contributed by atoms with Gasteiger partial charge in [0.05, 0.1) is 5.69 Å². The molecular weight excluding hydrogens is 374 g/mol. The molecule has 0 atom stereocenters. The van der Waals surface area contributed by atoms with Crippen molar-refractivity contribution in [1.82, 2.24) is 0 Å². The summed E-state index contributed by atoms with van der Waals surface area (Å²) >= 11 is 0. The third-order valence-corrected chi connectivity index (χ3v) is 4.48. The maximum absolute atomic E-state index is 4.46. The van der Waals surface area contributed by atoms with Crippen LogP contribution in [-0.2, 0) is 0 Å². The van der Waals surface area contributed by atoms with Gasteiger partial charge in [-0.15, -0.1) is 6.58 Å². The minimum absolute atomic E-state index is 0.603. The quantitative estimate of drug-likeness (QED) is 0.344. The minimum atomic E-state index is 0.603. The van der Waals surface area contributed by atoms with Crippen LogP contribution >= 0.6 is 0 Å². The summed E-state index contributed by atoms with van der Waals surface area (Å²) in [6.07, 6.45) is 2.77. The molecule has 0 aliphatic heterocycles. The fourth-order valence-electron chi connectivity index (χ4n) is 3.00. The van der Waals surface area contributed by atoms with Gasteiger partial charge in [0.25, 0.3) is 0 Å². The van der Waals surface area contributed by atoms with E-state index < -0.39 is 0 Å². The number of hydrogen-bond donors (Lipinski definition) is 0. The fraction of sp³-hybridized carbons (Fsp3) is 0.433. The van der Waals surface area contributed by atoms with Crippen LogP contribution in [0.2, 0.25) is 0 Å². The van der Waals surface area contributed by atoms with E-state index >= 15 is 0 Å². The van der Waals surface area contributed by atoms with Gasteiger partial charge in [-0.25, -0.2) is 0 Å². The Morgan fingerprint density at radius 1 is 1.00 bits per heavy atom. The molecular formula is C30H47N. The van der Waals surface area contributed by atoms with E-state index in [1.807, 2.05) is 32.9 Å². The molecule has 2 aromatic carbocycles. The van der Waals surface area contributed by atoms with Crippen molar-refractivity contribution in [3.8, 4) is 0 Å². The van der Waals surface area contributed by atoms with E-state index in [9.17, 15) is 0 Å². The van der Waals surface area contributed by atoms with E-state index in [1.54, 1.807) is 6.08 Å². The highest BCUT2D eigenvalue weighted by atomic mass is 14.7. The zero-order chi connectivity index (χ0) is 24.6. The van der Waals surface area contributed by atoms with E-state index in [0.29, 0.717) is 5.92 Å². The van der Waals surface area contributed by atoms with Gasteiger partial charge in [0.1, 0.15) is 0 Å². The van der Waals surface area contributed by atoms with Crippen LogP contribution in [0.1, 0.15) is 95.5 Å². The topological polar surface area (TPSA) is 12.4 Å². The normalized spacial score (nSPS) is 10.0. The molecule has 172 valence electrons. The fourth-order valence-corrected chi connectivity index (χ4v) is 3.00. The highest BCUT2D eigenvalue weighted by Gasteiger charge is 2.07. The van der Waals surface area contributed by atoms with Crippen LogP contribution in [-0.4, -0.2) is 5.71 Å². The summed E-state index contributed by atoms with van der Waals surface area (Å²) in [5.74, 6) is 0.603. The molecule has 1 heteroatoms. The number of aryl methyl sites for hydroxylation is 3. The van der Waals surface area contributed by atoms with Crippen molar-refractivity contribution in [3.05, 3.63) is 83.4 Å². The summed E-state index contributed by atoms with van der Waals surface area (Å²) in [6, 6.07) is 12.8. The third kappa shape index (κ3) is 12.8. The minimum Gasteiger partial charge on any atom is -0.258 e. The summed E-state index contributed by atoms with van der Waals surface area (Å²) in [4.78, 5) is 4.46. The average Bonchev–Trinajstić information content (AvgIpc) is 2.69. The molecule has 0 aliphatic carbocycles. The molecule has 2 rings (SSSR count). The van der Waals surface area contributed by atoms with Crippen molar-refractivity contribution in [3.63, 3.8) is 0 Å². The number of allylic oxidation sites excluding steroid dienone is 2. The molecule has 0 spiro atoms.